The first-order valence-electron chi connectivity index (χ1n) is 10.4. The van der Waals surface area contributed by atoms with E-state index in [4.69, 9.17) is 9.79 Å². The van der Waals surface area contributed by atoms with E-state index in [0.29, 0.717) is 18.5 Å². The van der Waals surface area contributed by atoms with Crippen molar-refractivity contribution in [3.05, 3.63) is 29.8 Å². The third kappa shape index (κ3) is 8.58. The number of phosphoric ester groups is 1. The van der Waals surface area contributed by atoms with E-state index in [0.717, 1.165) is 6.42 Å². The van der Waals surface area contributed by atoms with Gasteiger partial charge in [0.15, 0.2) is 0 Å². The van der Waals surface area contributed by atoms with Crippen molar-refractivity contribution in [1.82, 2.24) is 16.0 Å². The van der Waals surface area contributed by atoms with E-state index in [9.17, 15) is 24.1 Å². The Morgan fingerprint density at radius 1 is 1.16 bits per heavy atom. The molecule has 0 spiro atoms. The number of phosphoric acid groups is 1. The molecule has 0 radical (unpaired) electrons. The lowest BCUT2D eigenvalue weighted by Gasteiger charge is -2.24. The fraction of sp³-hybridized carbons (Fsp3) is 0.550. The first kappa shape index (κ1) is 25.8. The number of nitrogens with one attached hydrogen (secondary N) is 3. The fourth-order valence-corrected chi connectivity index (χ4v) is 3.81. The Morgan fingerprint density at radius 3 is 2.31 bits per heavy atom. The molecule has 1 aromatic carbocycles. The molecule has 0 aliphatic carbocycles. The lowest BCUT2D eigenvalue weighted by molar-refractivity contribution is -0.142. The van der Waals surface area contributed by atoms with Crippen molar-refractivity contribution in [3.8, 4) is 5.75 Å². The van der Waals surface area contributed by atoms with Crippen LogP contribution in [0.1, 0.15) is 38.7 Å². The Balaban J connectivity index is 2.15. The third-order valence-electron chi connectivity index (χ3n) is 4.92. The second-order valence-electron chi connectivity index (χ2n) is 8.17. The highest BCUT2D eigenvalue weighted by molar-refractivity contribution is 7.46. The van der Waals surface area contributed by atoms with E-state index < -0.39 is 37.8 Å². The second-order valence-corrected chi connectivity index (χ2v) is 9.33. The number of carbonyl (C=O) groups is 3. The normalized spacial score (nSPS) is 18.1. The average molecular weight is 471 g/mol. The number of carbonyl (C=O) groups excluding carboxylic acids is 2. The first-order chi connectivity index (χ1) is 14.9. The number of benzene rings is 1. The quantitative estimate of drug-likeness (QED) is 0.252. The van der Waals surface area contributed by atoms with E-state index in [-0.39, 0.29) is 30.4 Å². The van der Waals surface area contributed by atoms with Gasteiger partial charge < -0.3 is 25.6 Å². The summed E-state index contributed by atoms with van der Waals surface area (Å²) >= 11 is 0. The van der Waals surface area contributed by atoms with Gasteiger partial charge in [-0.25, -0.2) is 9.36 Å². The summed E-state index contributed by atoms with van der Waals surface area (Å²) in [5.41, 5.74) is 0.582. The van der Waals surface area contributed by atoms with E-state index in [1.54, 1.807) is 0 Å². The van der Waals surface area contributed by atoms with Gasteiger partial charge in [-0.05, 0) is 49.4 Å². The summed E-state index contributed by atoms with van der Waals surface area (Å²) in [4.78, 5) is 54.8. The van der Waals surface area contributed by atoms with E-state index in [2.05, 4.69) is 20.5 Å². The smallest absolute Gasteiger partial charge is 0.480 e. The molecule has 0 bridgehead atoms. The number of aliphatic carboxylic acids is 1. The summed E-state index contributed by atoms with van der Waals surface area (Å²) in [7, 11) is -4.70. The van der Waals surface area contributed by atoms with Crippen molar-refractivity contribution < 1.29 is 38.4 Å². The van der Waals surface area contributed by atoms with Crippen LogP contribution < -0.4 is 20.5 Å². The number of hydrogen-bond donors (Lipinski definition) is 6. The zero-order chi connectivity index (χ0) is 23.9. The van der Waals surface area contributed by atoms with Gasteiger partial charge in [0.05, 0.1) is 6.04 Å². The van der Waals surface area contributed by atoms with E-state index in [1.807, 2.05) is 13.8 Å². The Kier molecular flexibility index (Phi) is 9.21. The molecular formula is C20H30N3O8P. The Hall–Kier alpha value is -2.46. The summed E-state index contributed by atoms with van der Waals surface area (Å²) in [6.45, 7) is 4.38. The van der Waals surface area contributed by atoms with Gasteiger partial charge in [0.2, 0.25) is 11.8 Å². The zero-order valence-corrected chi connectivity index (χ0v) is 18.9. The van der Waals surface area contributed by atoms with Gasteiger partial charge in [-0.3, -0.25) is 19.4 Å². The molecule has 1 fully saturated rings. The minimum atomic E-state index is -4.70. The third-order valence-corrected chi connectivity index (χ3v) is 5.37. The highest BCUT2D eigenvalue weighted by Gasteiger charge is 2.30. The molecule has 1 saturated heterocycles. The van der Waals surface area contributed by atoms with Gasteiger partial charge >= 0.3 is 13.8 Å². The molecule has 1 aliphatic heterocycles. The van der Waals surface area contributed by atoms with Gasteiger partial charge in [-0.1, -0.05) is 26.0 Å². The average Bonchev–Trinajstić information content (AvgIpc) is 3.21. The molecule has 12 heteroatoms. The molecule has 3 atom stereocenters. The van der Waals surface area contributed by atoms with Crippen LogP contribution in [0.25, 0.3) is 0 Å². The molecule has 1 aromatic rings. The summed E-state index contributed by atoms with van der Waals surface area (Å²) in [6, 6.07) is 3.14. The monoisotopic (exact) mass is 471 g/mol. The standard InChI is InChI=1S/C20H30N3O8P/c1-12(2)10-17(20(26)27)23-19(25)16(22-18(24)15-4-3-9-21-15)11-13-5-7-14(8-6-13)31-32(28,29)30/h5-8,12,15-17,21H,3-4,9-11H2,1-2H3,(H,22,24)(H,23,25)(H,26,27)(H2,28,29,30)/t15-,16-,17-/m0/s1. The number of rotatable bonds is 11. The molecule has 0 saturated carbocycles. The van der Waals surface area contributed by atoms with Crippen LogP contribution in [0.4, 0.5) is 0 Å². The largest absolute Gasteiger partial charge is 0.524 e. The van der Waals surface area contributed by atoms with Crippen molar-refractivity contribution in [2.45, 2.75) is 57.7 Å². The van der Waals surface area contributed by atoms with Crippen LogP contribution in [0.5, 0.6) is 5.75 Å². The summed E-state index contributed by atoms with van der Waals surface area (Å²) in [6.07, 6.45) is 1.76. The molecule has 178 valence electrons. The Labute approximate surface area is 186 Å². The summed E-state index contributed by atoms with van der Waals surface area (Å²) in [5, 5.41) is 17.7. The zero-order valence-electron chi connectivity index (χ0n) is 18.0. The minimum absolute atomic E-state index is 0.0358. The van der Waals surface area contributed by atoms with Gasteiger partial charge in [-0.15, -0.1) is 0 Å². The SMILES string of the molecule is CC(C)C[C@H](NC(=O)[C@H](Cc1ccc(OP(=O)(O)O)cc1)NC(=O)[C@@H]1CCCN1)C(=O)O. The first-order valence-corrected chi connectivity index (χ1v) is 11.9. The number of hydrogen-bond acceptors (Lipinski definition) is 6. The van der Waals surface area contributed by atoms with Crippen molar-refractivity contribution in [2.24, 2.45) is 5.92 Å². The molecule has 32 heavy (non-hydrogen) atoms. The minimum Gasteiger partial charge on any atom is -0.480 e. The summed E-state index contributed by atoms with van der Waals surface area (Å²) < 4.78 is 15.5. The van der Waals surface area contributed by atoms with Gasteiger partial charge in [0.25, 0.3) is 0 Å². The van der Waals surface area contributed by atoms with E-state index >= 15 is 0 Å². The molecular weight excluding hydrogens is 441 g/mol. The second kappa shape index (κ2) is 11.4. The number of carboxylic acid groups (broad SMARTS) is 1. The van der Waals surface area contributed by atoms with Crippen LogP contribution in [0.15, 0.2) is 24.3 Å². The van der Waals surface area contributed by atoms with Crippen LogP contribution >= 0.6 is 7.82 Å². The van der Waals surface area contributed by atoms with E-state index in [1.165, 1.54) is 24.3 Å². The number of carboxylic acids is 1. The van der Waals surface area contributed by atoms with Crippen molar-refractivity contribution >= 4 is 25.6 Å². The Morgan fingerprint density at radius 2 is 1.81 bits per heavy atom. The van der Waals surface area contributed by atoms with Crippen molar-refractivity contribution in [1.29, 1.82) is 0 Å². The molecule has 1 aliphatic rings. The predicted molar refractivity (Wildman–Crippen MR) is 115 cm³/mol. The maximum Gasteiger partial charge on any atom is 0.524 e. The van der Waals surface area contributed by atoms with Gasteiger partial charge in [-0.2, -0.15) is 0 Å². The molecule has 11 nitrogen and oxygen atoms in total. The molecule has 0 aromatic heterocycles. The maximum absolute atomic E-state index is 12.9. The van der Waals surface area contributed by atoms with Crippen LogP contribution in [-0.2, 0) is 25.4 Å². The highest BCUT2D eigenvalue weighted by Crippen LogP contribution is 2.37. The molecule has 0 unspecified atom stereocenters. The fourth-order valence-electron chi connectivity index (χ4n) is 3.41. The van der Waals surface area contributed by atoms with Crippen molar-refractivity contribution in [2.75, 3.05) is 6.54 Å². The van der Waals surface area contributed by atoms with Crippen LogP contribution in [0.3, 0.4) is 0 Å². The Bertz CT molecular complexity index is 849. The van der Waals surface area contributed by atoms with Crippen molar-refractivity contribution in [3.63, 3.8) is 0 Å². The number of amides is 2. The lowest BCUT2D eigenvalue weighted by atomic mass is 10.0. The lowest BCUT2D eigenvalue weighted by Crippen LogP contribution is -2.55. The van der Waals surface area contributed by atoms with Crippen LogP contribution in [-0.4, -0.2) is 57.3 Å². The molecule has 2 rings (SSSR count). The molecule has 6 N–H and O–H groups in total. The van der Waals surface area contributed by atoms with Crippen LogP contribution in [0, 0.1) is 5.92 Å². The van der Waals surface area contributed by atoms with Crippen LogP contribution in [0.2, 0.25) is 0 Å². The molecule has 2 amide bonds. The van der Waals surface area contributed by atoms with Gasteiger partial charge in [0, 0.05) is 6.42 Å². The summed E-state index contributed by atoms with van der Waals surface area (Å²) in [5.74, 6) is -2.15. The predicted octanol–water partition coefficient (Wildman–Crippen LogP) is 0.553. The highest BCUT2D eigenvalue weighted by atomic mass is 31.2. The maximum atomic E-state index is 12.9. The topological polar surface area (TPSA) is 174 Å². The van der Waals surface area contributed by atoms with Gasteiger partial charge in [0.1, 0.15) is 17.8 Å². The molecule has 1 heterocycles.